The van der Waals surface area contributed by atoms with Crippen LogP contribution in [0, 0.1) is 6.92 Å². The minimum Gasteiger partial charge on any atom is -0.334 e. The lowest BCUT2D eigenvalue weighted by atomic mass is 10.1. The van der Waals surface area contributed by atoms with Gasteiger partial charge in [0, 0.05) is 23.9 Å². The van der Waals surface area contributed by atoms with Crippen LogP contribution in [0.1, 0.15) is 41.8 Å². The Morgan fingerprint density at radius 3 is 3.21 bits per heavy atom. The molecule has 0 saturated carbocycles. The van der Waals surface area contributed by atoms with Crippen LogP contribution in [0.3, 0.4) is 0 Å². The summed E-state index contributed by atoms with van der Waals surface area (Å²) < 4.78 is 1.98. The lowest BCUT2D eigenvalue weighted by Gasteiger charge is -2.27. The molecule has 4 heterocycles. The van der Waals surface area contributed by atoms with Crippen molar-refractivity contribution in [3.8, 4) is 0 Å². The molecule has 0 radical (unpaired) electrons. The maximum Gasteiger partial charge on any atom is 0.237 e. The van der Waals surface area contributed by atoms with E-state index in [1.165, 1.54) is 4.88 Å². The molecule has 2 aliphatic rings. The topological polar surface area (TPSA) is 63.1 Å². The highest BCUT2D eigenvalue weighted by molar-refractivity contribution is 7.10. The number of nitrogens with one attached hydrogen (secondary N) is 1. The Kier molecular flexibility index (Phi) is 4.37. The number of likely N-dealkylation sites (tertiary alicyclic amines) is 1. The van der Waals surface area contributed by atoms with Gasteiger partial charge in [0.15, 0.2) is 0 Å². The molecule has 2 aromatic heterocycles. The molecule has 24 heavy (non-hydrogen) atoms. The second-order valence-corrected chi connectivity index (χ2v) is 7.61. The number of aromatic nitrogens is 3. The largest absolute Gasteiger partial charge is 0.334 e. The quantitative estimate of drug-likeness (QED) is 0.919. The summed E-state index contributed by atoms with van der Waals surface area (Å²) >= 11 is 1.75. The van der Waals surface area contributed by atoms with Gasteiger partial charge in [-0.1, -0.05) is 6.07 Å². The highest BCUT2D eigenvalue weighted by Gasteiger charge is 2.31. The van der Waals surface area contributed by atoms with E-state index in [0.29, 0.717) is 12.6 Å². The maximum absolute atomic E-state index is 12.7. The van der Waals surface area contributed by atoms with Gasteiger partial charge in [0.05, 0.1) is 19.1 Å². The highest BCUT2D eigenvalue weighted by Crippen LogP contribution is 2.34. The number of hydrogen-bond acceptors (Lipinski definition) is 5. The number of rotatable bonds is 4. The van der Waals surface area contributed by atoms with Gasteiger partial charge in [0.25, 0.3) is 0 Å². The molecule has 0 aliphatic carbocycles. The molecule has 1 saturated heterocycles. The molecular weight excluding hydrogens is 322 g/mol. The van der Waals surface area contributed by atoms with Gasteiger partial charge in [-0.2, -0.15) is 5.10 Å². The Labute approximate surface area is 145 Å². The zero-order chi connectivity index (χ0) is 16.5. The van der Waals surface area contributed by atoms with E-state index in [9.17, 15) is 4.79 Å². The third-order valence-corrected chi connectivity index (χ3v) is 5.92. The average Bonchev–Trinajstić information content (AvgIpc) is 3.30. The molecule has 1 fully saturated rings. The Morgan fingerprint density at radius 1 is 1.46 bits per heavy atom. The molecule has 0 aromatic carbocycles. The number of amides is 1. The molecule has 7 heteroatoms. The van der Waals surface area contributed by atoms with Crippen molar-refractivity contribution in [2.75, 3.05) is 13.1 Å². The molecular formula is C17H23N5OS. The average molecular weight is 345 g/mol. The zero-order valence-electron chi connectivity index (χ0n) is 13.9. The number of fused-ring (bicyclic) bond motifs is 1. The van der Waals surface area contributed by atoms with Crippen molar-refractivity contribution >= 4 is 17.2 Å². The second-order valence-electron chi connectivity index (χ2n) is 6.63. The number of carbonyl (C=O) groups is 1. The summed E-state index contributed by atoms with van der Waals surface area (Å²) in [6.07, 6.45) is 4.12. The summed E-state index contributed by atoms with van der Waals surface area (Å²) in [6, 6.07) is 4.78. The molecule has 2 aliphatic heterocycles. The molecule has 0 bridgehead atoms. The lowest BCUT2D eigenvalue weighted by Crippen LogP contribution is -2.44. The first-order chi connectivity index (χ1) is 11.7. The summed E-state index contributed by atoms with van der Waals surface area (Å²) in [5.74, 6) is 2.11. The Hall–Kier alpha value is -1.73. The third-order valence-electron chi connectivity index (χ3n) is 4.95. The van der Waals surface area contributed by atoms with Crippen molar-refractivity contribution < 1.29 is 4.79 Å². The van der Waals surface area contributed by atoms with Crippen LogP contribution in [0.25, 0.3) is 0 Å². The minimum absolute atomic E-state index is 0.214. The van der Waals surface area contributed by atoms with Gasteiger partial charge in [0.1, 0.15) is 11.6 Å². The zero-order valence-corrected chi connectivity index (χ0v) is 14.8. The number of carbonyl (C=O) groups excluding carboxylic acids is 1. The first-order valence-corrected chi connectivity index (χ1v) is 9.55. The van der Waals surface area contributed by atoms with Crippen molar-refractivity contribution in [1.29, 1.82) is 0 Å². The first kappa shape index (κ1) is 15.8. The lowest BCUT2D eigenvalue weighted by molar-refractivity contribution is -0.131. The van der Waals surface area contributed by atoms with Gasteiger partial charge < -0.3 is 10.2 Å². The van der Waals surface area contributed by atoms with Gasteiger partial charge in [-0.05, 0) is 37.6 Å². The van der Waals surface area contributed by atoms with E-state index >= 15 is 0 Å². The van der Waals surface area contributed by atoms with Crippen LogP contribution in [0.15, 0.2) is 17.5 Å². The molecule has 4 rings (SSSR count). The van der Waals surface area contributed by atoms with Crippen LogP contribution in [-0.2, 0) is 17.8 Å². The number of thiophene rings is 1. The van der Waals surface area contributed by atoms with Crippen LogP contribution in [-0.4, -0.2) is 44.7 Å². The van der Waals surface area contributed by atoms with Crippen molar-refractivity contribution in [3.63, 3.8) is 0 Å². The Bertz CT molecular complexity index is 711. The SMILES string of the molecule is Cc1nc2n(n1)C[C@@H](NCC(=O)N1CCC[C@H]1c1cccs1)CC2. The fourth-order valence-corrected chi connectivity index (χ4v) is 4.65. The number of aryl methyl sites for hydroxylation is 2. The monoisotopic (exact) mass is 345 g/mol. The van der Waals surface area contributed by atoms with Gasteiger partial charge in [0.2, 0.25) is 5.91 Å². The first-order valence-electron chi connectivity index (χ1n) is 8.67. The highest BCUT2D eigenvalue weighted by atomic mass is 32.1. The van der Waals surface area contributed by atoms with Gasteiger partial charge in [-0.3, -0.25) is 4.79 Å². The van der Waals surface area contributed by atoms with Crippen molar-refractivity contribution in [3.05, 3.63) is 34.0 Å². The molecule has 2 aromatic rings. The number of hydrogen-bond donors (Lipinski definition) is 1. The van der Waals surface area contributed by atoms with Gasteiger partial charge in [-0.25, -0.2) is 9.67 Å². The molecule has 128 valence electrons. The molecule has 1 N–H and O–H groups in total. The summed E-state index contributed by atoms with van der Waals surface area (Å²) in [7, 11) is 0. The van der Waals surface area contributed by atoms with Crippen molar-refractivity contribution in [2.24, 2.45) is 0 Å². The fourth-order valence-electron chi connectivity index (χ4n) is 3.78. The molecule has 1 amide bonds. The van der Waals surface area contributed by atoms with Crippen LogP contribution in [0.2, 0.25) is 0 Å². The summed E-state index contributed by atoms with van der Waals surface area (Å²) in [5.41, 5.74) is 0. The van der Waals surface area contributed by atoms with E-state index < -0.39 is 0 Å². The van der Waals surface area contributed by atoms with E-state index in [1.54, 1.807) is 11.3 Å². The third kappa shape index (κ3) is 3.10. The fraction of sp³-hybridized carbons (Fsp3) is 0.588. The smallest absolute Gasteiger partial charge is 0.237 e. The van der Waals surface area contributed by atoms with E-state index in [4.69, 9.17) is 0 Å². The maximum atomic E-state index is 12.7. The van der Waals surface area contributed by atoms with Crippen molar-refractivity contribution in [1.82, 2.24) is 25.0 Å². The van der Waals surface area contributed by atoms with Crippen LogP contribution < -0.4 is 5.32 Å². The summed E-state index contributed by atoms with van der Waals surface area (Å²) in [4.78, 5) is 20.5. The minimum atomic E-state index is 0.214. The normalized spacial score (nSPS) is 23.5. The Morgan fingerprint density at radius 2 is 2.38 bits per heavy atom. The van der Waals surface area contributed by atoms with Gasteiger partial charge in [-0.15, -0.1) is 11.3 Å². The predicted molar refractivity (Wildman–Crippen MR) is 92.9 cm³/mol. The van der Waals surface area contributed by atoms with Crippen LogP contribution >= 0.6 is 11.3 Å². The summed E-state index contributed by atoms with van der Waals surface area (Å²) in [6.45, 7) is 4.02. The molecule has 0 unspecified atom stereocenters. The van der Waals surface area contributed by atoms with Gasteiger partial charge >= 0.3 is 0 Å². The van der Waals surface area contributed by atoms with Crippen LogP contribution in [0.5, 0.6) is 0 Å². The number of nitrogens with zero attached hydrogens (tertiary/aromatic N) is 4. The molecule has 6 nitrogen and oxygen atoms in total. The van der Waals surface area contributed by atoms with E-state index in [0.717, 1.165) is 50.4 Å². The standard InChI is InChI=1S/C17H23N5OS/c1-12-19-16-7-6-13(11-22(16)20-12)18-10-17(23)21-8-2-4-14(21)15-5-3-9-24-15/h3,5,9,13-14,18H,2,4,6-8,10-11H2,1H3/t13-,14-/m0/s1. The summed E-state index contributed by atoms with van der Waals surface area (Å²) in [5, 5.41) is 9.95. The predicted octanol–water partition coefficient (Wildman–Crippen LogP) is 1.92. The van der Waals surface area contributed by atoms with E-state index in [-0.39, 0.29) is 11.9 Å². The van der Waals surface area contributed by atoms with Crippen LogP contribution in [0.4, 0.5) is 0 Å². The van der Waals surface area contributed by atoms with E-state index in [2.05, 4.69) is 32.9 Å². The Balaban J connectivity index is 1.34. The molecule has 2 atom stereocenters. The molecule has 0 spiro atoms. The second kappa shape index (κ2) is 6.64. The van der Waals surface area contributed by atoms with Crippen molar-refractivity contribution in [2.45, 2.75) is 51.2 Å². The van der Waals surface area contributed by atoms with E-state index in [1.807, 2.05) is 16.5 Å².